The standard InChI is InChI=1S/C10H18N2O.2C2H6/c1-10(13)4-3-5-12-8-6-11(2)7-9-12;2*1-2/h3-4H,5-9H2,1-2H3;2*1-2H3/b4-3+;;. The fourth-order valence-corrected chi connectivity index (χ4v) is 1.40. The van der Waals surface area contributed by atoms with E-state index in [-0.39, 0.29) is 5.78 Å². The molecule has 0 atom stereocenters. The number of allylic oxidation sites excluding steroid dienone is 1. The summed E-state index contributed by atoms with van der Waals surface area (Å²) in [5, 5.41) is 0. The van der Waals surface area contributed by atoms with Crippen molar-refractivity contribution >= 4 is 5.78 Å². The average Bonchev–Trinajstić information content (AvgIpc) is 2.36. The minimum absolute atomic E-state index is 0.133. The summed E-state index contributed by atoms with van der Waals surface area (Å²) < 4.78 is 0. The molecule has 0 spiro atoms. The topological polar surface area (TPSA) is 23.6 Å². The number of piperazine rings is 1. The number of hydrogen-bond acceptors (Lipinski definition) is 3. The van der Waals surface area contributed by atoms with Crippen molar-refractivity contribution in [1.82, 2.24) is 9.80 Å². The number of likely N-dealkylation sites (N-methyl/N-ethyl adjacent to an activating group) is 1. The van der Waals surface area contributed by atoms with Crippen LogP contribution >= 0.6 is 0 Å². The maximum atomic E-state index is 10.6. The second-order valence-corrected chi connectivity index (χ2v) is 3.62. The second kappa shape index (κ2) is 13.4. The molecule has 1 fully saturated rings. The first-order valence-corrected chi connectivity index (χ1v) is 6.76. The van der Waals surface area contributed by atoms with Crippen molar-refractivity contribution < 1.29 is 4.79 Å². The largest absolute Gasteiger partial charge is 0.304 e. The first-order valence-electron chi connectivity index (χ1n) is 6.76. The highest BCUT2D eigenvalue weighted by molar-refractivity contribution is 5.87. The van der Waals surface area contributed by atoms with Crippen LogP contribution in [-0.4, -0.2) is 55.4 Å². The Labute approximate surface area is 107 Å². The molecule has 1 rings (SSSR count). The Morgan fingerprint density at radius 2 is 1.53 bits per heavy atom. The van der Waals surface area contributed by atoms with Gasteiger partial charge in [0.1, 0.15) is 0 Å². The van der Waals surface area contributed by atoms with Crippen molar-refractivity contribution in [2.45, 2.75) is 34.6 Å². The molecule has 0 aliphatic carbocycles. The van der Waals surface area contributed by atoms with Crippen LogP contribution in [0, 0.1) is 0 Å². The fourth-order valence-electron chi connectivity index (χ4n) is 1.40. The Bertz CT molecular complexity index is 194. The highest BCUT2D eigenvalue weighted by Gasteiger charge is 2.11. The molecule has 0 aromatic heterocycles. The number of hydrogen-bond donors (Lipinski definition) is 0. The van der Waals surface area contributed by atoms with Gasteiger partial charge in [0.2, 0.25) is 0 Å². The lowest BCUT2D eigenvalue weighted by atomic mass is 10.3. The van der Waals surface area contributed by atoms with Gasteiger partial charge in [0.05, 0.1) is 0 Å². The zero-order valence-electron chi connectivity index (χ0n) is 12.5. The molecule has 102 valence electrons. The lowest BCUT2D eigenvalue weighted by molar-refractivity contribution is -0.112. The monoisotopic (exact) mass is 242 g/mol. The van der Waals surface area contributed by atoms with E-state index in [1.165, 1.54) is 0 Å². The molecule has 0 aromatic rings. The molecule has 3 heteroatoms. The summed E-state index contributed by atoms with van der Waals surface area (Å²) >= 11 is 0. The third-order valence-corrected chi connectivity index (χ3v) is 2.31. The highest BCUT2D eigenvalue weighted by atomic mass is 16.1. The minimum Gasteiger partial charge on any atom is -0.304 e. The molecule has 0 saturated carbocycles. The number of nitrogens with zero attached hydrogens (tertiary/aromatic N) is 2. The second-order valence-electron chi connectivity index (χ2n) is 3.62. The van der Waals surface area contributed by atoms with Crippen LogP contribution in [0.1, 0.15) is 34.6 Å². The molecule has 0 amide bonds. The van der Waals surface area contributed by atoms with Gasteiger partial charge in [-0.05, 0) is 20.0 Å². The van der Waals surface area contributed by atoms with Crippen LogP contribution in [0.2, 0.25) is 0 Å². The van der Waals surface area contributed by atoms with Gasteiger partial charge in [-0.3, -0.25) is 9.69 Å². The van der Waals surface area contributed by atoms with Gasteiger partial charge in [-0.15, -0.1) is 0 Å². The Kier molecular flexibility index (Phi) is 14.7. The van der Waals surface area contributed by atoms with Crippen LogP contribution in [0.5, 0.6) is 0 Å². The third kappa shape index (κ3) is 11.6. The predicted octanol–water partition coefficient (Wildman–Crippen LogP) is 2.43. The molecule has 1 aliphatic heterocycles. The molecule has 1 aliphatic rings. The quantitative estimate of drug-likeness (QED) is 0.710. The fraction of sp³-hybridized carbons (Fsp3) is 0.786. The summed E-state index contributed by atoms with van der Waals surface area (Å²) in [5.74, 6) is 0.133. The SMILES string of the molecule is CC.CC.CC(=O)/C=C/CN1CCN(C)CC1. The molecular formula is C14H30N2O. The summed E-state index contributed by atoms with van der Waals surface area (Å²) in [5.41, 5.74) is 0. The predicted molar refractivity (Wildman–Crippen MR) is 76.5 cm³/mol. The molecule has 0 aromatic carbocycles. The molecule has 0 bridgehead atoms. The van der Waals surface area contributed by atoms with Crippen LogP contribution in [0.3, 0.4) is 0 Å². The van der Waals surface area contributed by atoms with Crippen LogP contribution < -0.4 is 0 Å². The van der Waals surface area contributed by atoms with Gasteiger partial charge in [-0.1, -0.05) is 33.8 Å². The molecule has 0 radical (unpaired) electrons. The van der Waals surface area contributed by atoms with Gasteiger partial charge >= 0.3 is 0 Å². The van der Waals surface area contributed by atoms with Crippen molar-refractivity contribution in [1.29, 1.82) is 0 Å². The third-order valence-electron chi connectivity index (χ3n) is 2.31. The lowest BCUT2D eigenvalue weighted by Crippen LogP contribution is -2.44. The van der Waals surface area contributed by atoms with Crippen LogP contribution in [0.25, 0.3) is 0 Å². The molecule has 3 nitrogen and oxygen atoms in total. The maximum absolute atomic E-state index is 10.6. The van der Waals surface area contributed by atoms with Gasteiger partial charge in [-0.2, -0.15) is 0 Å². The van der Waals surface area contributed by atoms with Crippen LogP contribution in [0.4, 0.5) is 0 Å². The Morgan fingerprint density at radius 1 is 1.06 bits per heavy atom. The summed E-state index contributed by atoms with van der Waals surface area (Å²) in [6, 6.07) is 0. The van der Waals surface area contributed by atoms with E-state index in [1.54, 1.807) is 13.0 Å². The molecule has 1 saturated heterocycles. The van der Waals surface area contributed by atoms with Crippen molar-refractivity contribution in [2.75, 3.05) is 39.8 Å². The smallest absolute Gasteiger partial charge is 0.152 e. The number of carbonyl (C=O) groups excluding carboxylic acids is 1. The lowest BCUT2D eigenvalue weighted by Gasteiger charge is -2.31. The van der Waals surface area contributed by atoms with E-state index in [0.717, 1.165) is 32.7 Å². The van der Waals surface area contributed by atoms with E-state index in [2.05, 4.69) is 16.8 Å². The van der Waals surface area contributed by atoms with E-state index < -0.39 is 0 Å². The van der Waals surface area contributed by atoms with Gasteiger partial charge in [0.25, 0.3) is 0 Å². The average molecular weight is 242 g/mol. The summed E-state index contributed by atoms with van der Waals surface area (Å²) in [6.45, 7) is 15.0. The van der Waals surface area contributed by atoms with E-state index >= 15 is 0 Å². The zero-order chi connectivity index (χ0) is 13.7. The summed E-state index contributed by atoms with van der Waals surface area (Å²) in [7, 11) is 2.14. The molecule has 0 N–H and O–H groups in total. The number of ketones is 1. The summed E-state index contributed by atoms with van der Waals surface area (Å²) in [4.78, 5) is 15.3. The van der Waals surface area contributed by atoms with E-state index in [0.29, 0.717) is 0 Å². The van der Waals surface area contributed by atoms with Crippen LogP contribution in [0.15, 0.2) is 12.2 Å². The van der Waals surface area contributed by atoms with Crippen molar-refractivity contribution in [3.05, 3.63) is 12.2 Å². The minimum atomic E-state index is 0.133. The van der Waals surface area contributed by atoms with Crippen LogP contribution in [-0.2, 0) is 4.79 Å². The first-order chi connectivity index (χ1) is 8.18. The van der Waals surface area contributed by atoms with E-state index in [9.17, 15) is 4.79 Å². The maximum Gasteiger partial charge on any atom is 0.152 e. The van der Waals surface area contributed by atoms with Gasteiger partial charge in [0.15, 0.2) is 5.78 Å². The number of rotatable bonds is 3. The van der Waals surface area contributed by atoms with E-state index in [4.69, 9.17) is 0 Å². The van der Waals surface area contributed by atoms with E-state index in [1.807, 2.05) is 33.8 Å². The Morgan fingerprint density at radius 3 is 1.94 bits per heavy atom. The van der Waals surface area contributed by atoms with Crippen molar-refractivity contribution in [3.8, 4) is 0 Å². The molecule has 17 heavy (non-hydrogen) atoms. The van der Waals surface area contributed by atoms with Crippen molar-refractivity contribution in [2.24, 2.45) is 0 Å². The van der Waals surface area contributed by atoms with Gasteiger partial charge < -0.3 is 4.90 Å². The zero-order valence-corrected chi connectivity index (χ0v) is 12.5. The Balaban J connectivity index is 0. The van der Waals surface area contributed by atoms with Crippen molar-refractivity contribution in [3.63, 3.8) is 0 Å². The first kappa shape index (κ1) is 18.7. The van der Waals surface area contributed by atoms with Gasteiger partial charge in [-0.25, -0.2) is 0 Å². The normalized spacial score (nSPS) is 16.8. The summed E-state index contributed by atoms with van der Waals surface area (Å²) in [6.07, 6.45) is 3.60. The molecule has 0 unspecified atom stereocenters. The highest BCUT2D eigenvalue weighted by Crippen LogP contribution is 1.98. The molecular weight excluding hydrogens is 212 g/mol. The van der Waals surface area contributed by atoms with Gasteiger partial charge in [0, 0.05) is 32.7 Å². The Hall–Kier alpha value is -0.670. The number of carbonyl (C=O) groups is 1. The molecule has 1 heterocycles.